The Morgan fingerprint density at radius 3 is 1.32 bits per heavy atom. The number of hydrogen-bond acceptors (Lipinski definition) is 4. The van der Waals surface area contributed by atoms with Gasteiger partial charge in [-0.1, -0.05) is 84.5 Å². The zero-order valence-corrected chi connectivity index (χ0v) is 16.4. The van der Waals surface area contributed by atoms with Crippen LogP contribution in [0.2, 0.25) is 0 Å². The van der Waals surface area contributed by atoms with Crippen LogP contribution in [-0.4, -0.2) is 25.2 Å². The van der Waals surface area contributed by atoms with Crippen molar-refractivity contribution in [2.24, 2.45) is 0 Å². The Bertz CT molecular complexity index is 350. The summed E-state index contributed by atoms with van der Waals surface area (Å²) in [6.07, 6.45) is 17.8. The Balaban J connectivity index is 3.40. The normalized spacial score (nSPS) is 11.0. The van der Waals surface area contributed by atoms with Crippen molar-refractivity contribution >= 4 is 11.9 Å². The second-order valence-electron chi connectivity index (χ2n) is 6.56. The maximum absolute atomic E-state index is 11.5. The molecule has 0 aliphatic heterocycles. The first kappa shape index (κ1) is 23.7. The number of carbonyl (C=O) groups is 2. The minimum absolute atomic E-state index is 0.407. The van der Waals surface area contributed by atoms with E-state index < -0.39 is 11.9 Å². The van der Waals surface area contributed by atoms with E-state index in [1.807, 2.05) is 0 Å². The van der Waals surface area contributed by atoms with Crippen LogP contribution in [-0.2, 0) is 19.1 Å². The summed E-state index contributed by atoms with van der Waals surface area (Å²) in [5.41, 5.74) is 0. The van der Waals surface area contributed by atoms with E-state index in [1.165, 1.54) is 51.4 Å². The summed E-state index contributed by atoms with van der Waals surface area (Å²) >= 11 is 0. The van der Waals surface area contributed by atoms with E-state index >= 15 is 0 Å². The number of ether oxygens (including phenoxy) is 2. The van der Waals surface area contributed by atoms with Crippen LogP contribution in [0.25, 0.3) is 0 Å². The van der Waals surface area contributed by atoms with Crippen molar-refractivity contribution in [2.75, 3.05) is 13.2 Å². The molecule has 0 aromatic carbocycles. The minimum atomic E-state index is -0.480. The van der Waals surface area contributed by atoms with Gasteiger partial charge < -0.3 is 9.47 Å². The molecule has 0 rings (SSSR count). The van der Waals surface area contributed by atoms with Crippen molar-refractivity contribution in [3.05, 3.63) is 12.2 Å². The van der Waals surface area contributed by atoms with Gasteiger partial charge in [-0.3, -0.25) is 0 Å². The van der Waals surface area contributed by atoms with Crippen LogP contribution in [0.5, 0.6) is 0 Å². The SMILES string of the molecule is CCCCCCCCCCCCOC(=O)/C=C/C(=O)OCCCCC. The third kappa shape index (κ3) is 18.9. The minimum Gasteiger partial charge on any atom is -0.463 e. The Morgan fingerprint density at radius 2 is 0.880 bits per heavy atom. The topological polar surface area (TPSA) is 52.6 Å². The average molecular weight is 355 g/mol. The van der Waals surface area contributed by atoms with Crippen molar-refractivity contribution in [2.45, 2.75) is 97.3 Å². The maximum atomic E-state index is 11.5. The van der Waals surface area contributed by atoms with Crippen LogP contribution in [0.1, 0.15) is 97.3 Å². The van der Waals surface area contributed by atoms with Gasteiger partial charge in [-0.25, -0.2) is 9.59 Å². The number of rotatable bonds is 17. The molecule has 0 radical (unpaired) electrons. The van der Waals surface area contributed by atoms with E-state index in [4.69, 9.17) is 9.47 Å². The predicted molar refractivity (Wildman–Crippen MR) is 102 cm³/mol. The summed E-state index contributed by atoms with van der Waals surface area (Å²) < 4.78 is 10.0. The highest BCUT2D eigenvalue weighted by molar-refractivity contribution is 5.91. The zero-order chi connectivity index (χ0) is 18.6. The van der Waals surface area contributed by atoms with Gasteiger partial charge in [-0.15, -0.1) is 0 Å². The molecule has 0 fully saturated rings. The summed E-state index contributed by atoms with van der Waals surface area (Å²) in [5, 5.41) is 0. The first-order valence-corrected chi connectivity index (χ1v) is 10.2. The molecule has 0 saturated heterocycles. The molecule has 4 heteroatoms. The van der Waals surface area contributed by atoms with E-state index in [2.05, 4.69) is 13.8 Å². The van der Waals surface area contributed by atoms with Gasteiger partial charge in [0.15, 0.2) is 0 Å². The van der Waals surface area contributed by atoms with Crippen LogP contribution in [0.4, 0.5) is 0 Å². The lowest BCUT2D eigenvalue weighted by Crippen LogP contribution is -2.06. The van der Waals surface area contributed by atoms with Crippen molar-refractivity contribution in [3.63, 3.8) is 0 Å². The summed E-state index contributed by atoms with van der Waals surface area (Å²) in [4.78, 5) is 22.8. The van der Waals surface area contributed by atoms with E-state index in [-0.39, 0.29) is 0 Å². The van der Waals surface area contributed by atoms with Crippen LogP contribution < -0.4 is 0 Å². The zero-order valence-electron chi connectivity index (χ0n) is 16.4. The molecular weight excluding hydrogens is 316 g/mol. The molecule has 146 valence electrons. The lowest BCUT2D eigenvalue weighted by molar-refractivity contribution is -0.140. The predicted octanol–water partition coefficient (Wildman–Crippen LogP) is 5.74. The largest absolute Gasteiger partial charge is 0.463 e. The molecule has 0 N–H and O–H groups in total. The fourth-order valence-electron chi connectivity index (χ4n) is 2.52. The smallest absolute Gasteiger partial charge is 0.331 e. The van der Waals surface area contributed by atoms with Gasteiger partial charge >= 0.3 is 11.9 Å². The molecule has 0 aromatic rings. The Kier molecular flexibility index (Phi) is 18.0. The molecule has 0 heterocycles. The number of carbonyl (C=O) groups excluding carboxylic acids is 2. The first-order valence-electron chi connectivity index (χ1n) is 10.2. The molecule has 4 nitrogen and oxygen atoms in total. The van der Waals surface area contributed by atoms with Crippen molar-refractivity contribution in [1.29, 1.82) is 0 Å². The van der Waals surface area contributed by atoms with Crippen molar-refractivity contribution in [3.8, 4) is 0 Å². The summed E-state index contributed by atoms with van der Waals surface area (Å²) in [6, 6.07) is 0. The van der Waals surface area contributed by atoms with E-state index in [9.17, 15) is 9.59 Å². The standard InChI is InChI=1S/C21H38O4/c1-3-5-7-8-9-10-11-12-13-15-19-25-21(23)17-16-20(22)24-18-14-6-4-2/h16-17H,3-15,18-19H2,1-2H3/b17-16+. The summed E-state index contributed by atoms with van der Waals surface area (Å²) in [6.45, 7) is 5.16. The van der Waals surface area contributed by atoms with Crippen LogP contribution in [0.15, 0.2) is 12.2 Å². The van der Waals surface area contributed by atoms with Gasteiger partial charge in [-0.05, 0) is 12.8 Å². The Hall–Kier alpha value is -1.32. The van der Waals surface area contributed by atoms with Crippen LogP contribution in [0, 0.1) is 0 Å². The van der Waals surface area contributed by atoms with E-state index in [1.54, 1.807) is 0 Å². The number of esters is 2. The highest BCUT2D eigenvalue weighted by Crippen LogP contribution is 2.10. The second kappa shape index (κ2) is 19.0. The lowest BCUT2D eigenvalue weighted by Gasteiger charge is -2.03. The Morgan fingerprint density at radius 1 is 0.560 bits per heavy atom. The average Bonchev–Trinajstić information content (AvgIpc) is 2.61. The molecule has 0 aromatic heterocycles. The second-order valence-corrected chi connectivity index (χ2v) is 6.56. The maximum Gasteiger partial charge on any atom is 0.331 e. The third-order valence-corrected chi connectivity index (χ3v) is 4.09. The molecule has 0 unspecified atom stereocenters. The van der Waals surface area contributed by atoms with Crippen LogP contribution >= 0.6 is 0 Å². The first-order chi connectivity index (χ1) is 12.2. The van der Waals surface area contributed by atoms with Gasteiger partial charge in [0.25, 0.3) is 0 Å². The van der Waals surface area contributed by atoms with Gasteiger partial charge in [0, 0.05) is 12.2 Å². The number of unbranched alkanes of at least 4 members (excludes halogenated alkanes) is 11. The summed E-state index contributed by atoms with van der Waals surface area (Å²) in [5.74, 6) is -0.951. The summed E-state index contributed by atoms with van der Waals surface area (Å²) in [7, 11) is 0. The number of hydrogen-bond donors (Lipinski definition) is 0. The highest BCUT2D eigenvalue weighted by Gasteiger charge is 2.01. The molecule has 25 heavy (non-hydrogen) atoms. The quantitative estimate of drug-likeness (QED) is 0.190. The molecule has 0 bridgehead atoms. The van der Waals surface area contributed by atoms with Gasteiger partial charge in [-0.2, -0.15) is 0 Å². The van der Waals surface area contributed by atoms with Crippen molar-refractivity contribution in [1.82, 2.24) is 0 Å². The fourth-order valence-corrected chi connectivity index (χ4v) is 2.52. The van der Waals surface area contributed by atoms with E-state index in [0.717, 1.165) is 44.3 Å². The third-order valence-electron chi connectivity index (χ3n) is 4.09. The van der Waals surface area contributed by atoms with Gasteiger partial charge in [0.2, 0.25) is 0 Å². The molecular formula is C21H38O4. The Labute approximate surface area is 154 Å². The van der Waals surface area contributed by atoms with Gasteiger partial charge in [0.05, 0.1) is 13.2 Å². The highest BCUT2D eigenvalue weighted by atomic mass is 16.5. The van der Waals surface area contributed by atoms with E-state index in [0.29, 0.717) is 13.2 Å². The van der Waals surface area contributed by atoms with Crippen LogP contribution in [0.3, 0.4) is 0 Å². The fraction of sp³-hybridized carbons (Fsp3) is 0.810. The lowest BCUT2D eigenvalue weighted by atomic mass is 10.1. The monoisotopic (exact) mass is 354 g/mol. The molecule has 0 aliphatic carbocycles. The molecule has 0 aliphatic rings. The molecule has 0 saturated carbocycles. The molecule has 0 amide bonds. The molecule has 0 spiro atoms. The molecule has 0 atom stereocenters. The van der Waals surface area contributed by atoms with Gasteiger partial charge in [0.1, 0.15) is 0 Å². The van der Waals surface area contributed by atoms with Crippen molar-refractivity contribution < 1.29 is 19.1 Å².